The Labute approximate surface area is 103 Å². The number of aromatic nitrogens is 1. The lowest BCUT2D eigenvalue weighted by molar-refractivity contribution is 0.238. The van der Waals surface area contributed by atoms with Gasteiger partial charge in [-0.2, -0.15) is 0 Å². The minimum Gasteiger partial charge on any atom is -0.327 e. The van der Waals surface area contributed by atoms with Gasteiger partial charge < -0.3 is 5.73 Å². The van der Waals surface area contributed by atoms with Crippen LogP contribution < -0.4 is 5.73 Å². The zero-order valence-corrected chi connectivity index (χ0v) is 10.4. The third kappa shape index (κ3) is 1.98. The second kappa shape index (κ2) is 4.39. The molecule has 4 atom stereocenters. The van der Waals surface area contributed by atoms with E-state index < -0.39 is 0 Å². The number of fused-ring (bicyclic) bond motifs is 1. The van der Waals surface area contributed by atoms with E-state index in [0.29, 0.717) is 12.1 Å². The highest BCUT2D eigenvalue weighted by Crippen LogP contribution is 2.40. The second-order valence-corrected chi connectivity index (χ2v) is 5.58. The molecule has 0 aromatic carbocycles. The molecule has 1 aromatic rings. The van der Waals surface area contributed by atoms with Gasteiger partial charge in [0.1, 0.15) is 0 Å². The average molecular weight is 231 g/mol. The number of hydrogen-bond acceptors (Lipinski definition) is 3. The number of pyridine rings is 1. The fourth-order valence-corrected chi connectivity index (χ4v) is 3.49. The molecule has 2 aliphatic rings. The number of likely N-dealkylation sites (tertiary alicyclic amines) is 1. The van der Waals surface area contributed by atoms with Gasteiger partial charge in [-0.15, -0.1) is 0 Å². The van der Waals surface area contributed by atoms with E-state index in [1.165, 1.54) is 31.5 Å². The summed E-state index contributed by atoms with van der Waals surface area (Å²) in [4.78, 5) is 6.79. The van der Waals surface area contributed by atoms with Crippen LogP contribution in [0.5, 0.6) is 0 Å². The van der Waals surface area contributed by atoms with E-state index in [-0.39, 0.29) is 0 Å². The first-order chi connectivity index (χ1) is 8.25. The minimum absolute atomic E-state index is 0.436. The highest BCUT2D eigenvalue weighted by molar-refractivity contribution is 5.14. The molecular weight excluding hydrogens is 210 g/mol. The Kier molecular flexibility index (Phi) is 2.89. The molecule has 4 unspecified atom stereocenters. The molecule has 17 heavy (non-hydrogen) atoms. The van der Waals surface area contributed by atoms with Gasteiger partial charge in [0.05, 0.1) is 0 Å². The lowest BCUT2D eigenvalue weighted by atomic mass is 9.98. The first-order valence-electron chi connectivity index (χ1n) is 6.65. The maximum absolute atomic E-state index is 6.18. The summed E-state index contributed by atoms with van der Waals surface area (Å²) >= 11 is 0. The van der Waals surface area contributed by atoms with E-state index in [1.807, 2.05) is 18.5 Å². The van der Waals surface area contributed by atoms with Crippen LogP contribution in [0.1, 0.15) is 31.4 Å². The molecule has 1 aliphatic carbocycles. The second-order valence-electron chi connectivity index (χ2n) is 5.58. The van der Waals surface area contributed by atoms with Gasteiger partial charge in [-0.05, 0) is 43.2 Å². The Morgan fingerprint density at radius 1 is 1.41 bits per heavy atom. The van der Waals surface area contributed by atoms with Crippen LogP contribution in [-0.2, 0) is 0 Å². The van der Waals surface area contributed by atoms with Crippen LogP contribution in [0.2, 0.25) is 0 Å². The summed E-state index contributed by atoms with van der Waals surface area (Å²) in [5, 5.41) is 0. The molecule has 0 radical (unpaired) electrons. The van der Waals surface area contributed by atoms with Gasteiger partial charge in [-0.25, -0.2) is 0 Å². The van der Waals surface area contributed by atoms with Crippen molar-refractivity contribution in [1.29, 1.82) is 0 Å². The summed E-state index contributed by atoms with van der Waals surface area (Å²) in [5.74, 6) is 1.57. The van der Waals surface area contributed by atoms with E-state index in [2.05, 4.69) is 22.9 Å². The van der Waals surface area contributed by atoms with Gasteiger partial charge in [-0.1, -0.05) is 6.07 Å². The van der Waals surface area contributed by atoms with Gasteiger partial charge in [0, 0.05) is 37.6 Å². The molecule has 3 rings (SSSR count). The van der Waals surface area contributed by atoms with Gasteiger partial charge in [0.25, 0.3) is 0 Å². The first kappa shape index (κ1) is 11.2. The topological polar surface area (TPSA) is 42.2 Å². The molecule has 1 saturated carbocycles. The van der Waals surface area contributed by atoms with E-state index in [1.54, 1.807) is 0 Å². The lowest BCUT2D eigenvalue weighted by Crippen LogP contribution is -2.31. The van der Waals surface area contributed by atoms with E-state index in [9.17, 15) is 0 Å². The average Bonchev–Trinajstić information content (AvgIpc) is 2.92. The molecule has 3 heteroatoms. The quantitative estimate of drug-likeness (QED) is 0.844. The summed E-state index contributed by atoms with van der Waals surface area (Å²) in [6, 6.07) is 5.10. The fourth-order valence-electron chi connectivity index (χ4n) is 3.49. The molecule has 0 bridgehead atoms. The van der Waals surface area contributed by atoms with E-state index in [0.717, 1.165) is 11.8 Å². The molecular formula is C14H21N3. The summed E-state index contributed by atoms with van der Waals surface area (Å²) in [6.45, 7) is 4.67. The zero-order chi connectivity index (χ0) is 11.8. The highest BCUT2D eigenvalue weighted by atomic mass is 15.2. The Balaban J connectivity index is 1.71. The normalized spacial score (nSPS) is 34.8. The number of rotatable bonds is 2. The molecule has 0 amide bonds. The fraction of sp³-hybridized carbons (Fsp3) is 0.643. The standard InChI is InChI=1S/C14H21N3/c1-10(11-3-2-6-16-7-11)17-8-12-4-5-14(15)13(12)9-17/h2-3,6-7,10,12-14H,4-5,8-9,15H2,1H3. The van der Waals surface area contributed by atoms with Crippen LogP contribution in [-0.4, -0.2) is 29.0 Å². The predicted octanol–water partition coefficient (Wildman–Crippen LogP) is 1.81. The lowest BCUT2D eigenvalue weighted by Gasteiger charge is -2.25. The molecule has 2 fully saturated rings. The summed E-state index contributed by atoms with van der Waals surface area (Å²) in [7, 11) is 0. The minimum atomic E-state index is 0.436. The van der Waals surface area contributed by atoms with Crippen molar-refractivity contribution in [2.24, 2.45) is 17.6 Å². The van der Waals surface area contributed by atoms with Crippen molar-refractivity contribution in [3.8, 4) is 0 Å². The molecule has 2 heterocycles. The third-order valence-electron chi connectivity index (χ3n) is 4.66. The predicted molar refractivity (Wildman–Crippen MR) is 68.4 cm³/mol. The Hall–Kier alpha value is -0.930. The molecule has 92 valence electrons. The van der Waals surface area contributed by atoms with Crippen LogP contribution in [0.25, 0.3) is 0 Å². The van der Waals surface area contributed by atoms with Gasteiger partial charge >= 0.3 is 0 Å². The summed E-state index contributed by atoms with van der Waals surface area (Å²) < 4.78 is 0. The van der Waals surface area contributed by atoms with E-state index >= 15 is 0 Å². The zero-order valence-electron chi connectivity index (χ0n) is 10.4. The summed E-state index contributed by atoms with van der Waals surface area (Å²) in [5.41, 5.74) is 7.50. The molecule has 1 aliphatic heterocycles. The molecule has 0 spiro atoms. The summed E-state index contributed by atoms with van der Waals surface area (Å²) in [6.07, 6.45) is 6.37. The molecule has 2 N–H and O–H groups in total. The SMILES string of the molecule is CC(c1cccnc1)N1CC2CCC(N)C2C1. The van der Waals surface area contributed by atoms with Crippen molar-refractivity contribution in [3.05, 3.63) is 30.1 Å². The van der Waals surface area contributed by atoms with Gasteiger partial charge in [0.2, 0.25) is 0 Å². The molecule has 1 saturated heterocycles. The molecule has 1 aromatic heterocycles. The van der Waals surface area contributed by atoms with Crippen LogP contribution >= 0.6 is 0 Å². The number of hydrogen-bond donors (Lipinski definition) is 1. The Morgan fingerprint density at radius 2 is 2.29 bits per heavy atom. The van der Waals surface area contributed by atoms with Crippen molar-refractivity contribution < 1.29 is 0 Å². The van der Waals surface area contributed by atoms with Gasteiger partial charge in [0.15, 0.2) is 0 Å². The maximum atomic E-state index is 6.18. The Morgan fingerprint density at radius 3 is 3.00 bits per heavy atom. The van der Waals surface area contributed by atoms with Crippen molar-refractivity contribution in [2.45, 2.75) is 31.8 Å². The van der Waals surface area contributed by atoms with Crippen molar-refractivity contribution in [3.63, 3.8) is 0 Å². The van der Waals surface area contributed by atoms with Crippen LogP contribution in [0.4, 0.5) is 0 Å². The van der Waals surface area contributed by atoms with Crippen molar-refractivity contribution in [2.75, 3.05) is 13.1 Å². The van der Waals surface area contributed by atoms with Crippen molar-refractivity contribution in [1.82, 2.24) is 9.88 Å². The van der Waals surface area contributed by atoms with E-state index in [4.69, 9.17) is 5.73 Å². The Bertz CT molecular complexity index is 378. The first-order valence-corrected chi connectivity index (χ1v) is 6.65. The monoisotopic (exact) mass is 231 g/mol. The smallest absolute Gasteiger partial charge is 0.0335 e. The van der Waals surface area contributed by atoms with Crippen molar-refractivity contribution >= 4 is 0 Å². The number of nitrogens with zero attached hydrogens (tertiary/aromatic N) is 2. The van der Waals surface area contributed by atoms with Crippen LogP contribution in [0, 0.1) is 11.8 Å². The largest absolute Gasteiger partial charge is 0.327 e. The third-order valence-corrected chi connectivity index (χ3v) is 4.66. The van der Waals surface area contributed by atoms with Gasteiger partial charge in [-0.3, -0.25) is 9.88 Å². The molecule has 3 nitrogen and oxygen atoms in total. The number of nitrogens with two attached hydrogens (primary N) is 1. The van der Waals surface area contributed by atoms with Crippen LogP contribution in [0.3, 0.4) is 0 Å². The maximum Gasteiger partial charge on any atom is 0.0335 e. The highest BCUT2D eigenvalue weighted by Gasteiger charge is 2.42. The van der Waals surface area contributed by atoms with Crippen LogP contribution in [0.15, 0.2) is 24.5 Å².